The Hall–Kier alpha value is -0.610. The van der Waals surface area contributed by atoms with Crippen LogP contribution in [0.3, 0.4) is 0 Å². The molecule has 1 amide bonds. The van der Waals surface area contributed by atoms with Crippen molar-refractivity contribution in [3.05, 3.63) is 0 Å². The quantitative estimate of drug-likeness (QED) is 0.834. The second-order valence-electron chi connectivity index (χ2n) is 6.13. The number of amides is 1. The lowest BCUT2D eigenvalue weighted by molar-refractivity contribution is -0.133. The number of hydrogen-bond acceptors (Lipinski definition) is 3. The second-order valence-corrected chi connectivity index (χ2v) is 6.13. The van der Waals surface area contributed by atoms with Crippen LogP contribution in [0.2, 0.25) is 0 Å². The molecule has 2 aliphatic rings. The van der Waals surface area contributed by atoms with Crippen LogP contribution in [0.15, 0.2) is 0 Å². The number of likely N-dealkylation sites (N-methyl/N-ethyl adjacent to an activating group) is 1. The molecule has 4 nitrogen and oxygen atoms in total. The molecule has 0 spiro atoms. The molecule has 0 atom stereocenters. The Bertz CT molecular complexity index is 281. The van der Waals surface area contributed by atoms with Gasteiger partial charge in [0.1, 0.15) is 0 Å². The van der Waals surface area contributed by atoms with E-state index in [4.69, 9.17) is 0 Å². The molecule has 0 bridgehead atoms. The van der Waals surface area contributed by atoms with Crippen molar-refractivity contribution in [3.8, 4) is 0 Å². The van der Waals surface area contributed by atoms with E-state index in [1.807, 2.05) is 4.90 Å². The zero-order valence-corrected chi connectivity index (χ0v) is 12.5. The van der Waals surface area contributed by atoms with E-state index in [0.29, 0.717) is 18.5 Å². The minimum atomic E-state index is 0.307. The maximum Gasteiger partial charge on any atom is 0.236 e. The summed E-state index contributed by atoms with van der Waals surface area (Å²) in [6.45, 7) is 6.52. The number of nitrogens with zero attached hydrogens (tertiary/aromatic N) is 2. The standard InChI is InChI=1S/C15H29N3O/c1-3-13-4-6-14(7-5-13)17(2)12-15(19)18-10-8-16-9-11-18/h13-14,16H,3-12H2,1-2H3. The van der Waals surface area contributed by atoms with Crippen LogP contribution in [0, 0.1) is 5.92 Å². The first kappa shape index (κ1) is 14.8. The van der Waals surface area contributed by atoms with Gasteiger partial charge in [-0.2, -0.15) is 0 Å². The molecular formula is C15H29N3O. The van der Waals surface area contributed by atoms with Crippen molar-refractivity contribution in [2.45, 2.75) is 45.1 Å². The lowest BCUT2D eigenvalue weighted by Crippen LogP contribution is -2.50. The lowest BCUT2D eigenvalue weighted by Gasteiger charge is -2.36. The molecule has 1 aliphatic carbocycles. The van der Waals surface area contributed by atoms with E-state index in [2.05, 4.69) is 24.2 Å². The third-order valence-corrected chi connectivity index (χ3v) is 4.87. The van der Waals surface area contributed by atoms with E-state index in [1.165, 1.54) is 32.1 Å². The summed E-state index contributed by atoms with van der Waals surface area (Å²) in [6.07, 6.45) is 6.53. The Balaban J connectivity index is 1.74. The van der Waals surface area contributed by atoms with E-state index in [9.17, 15) is 4.79 Å². The Morgan fingerprint density at radius 1 is 1.21 bits per heavy atom. The summed E-state index contributed by atoms with van der Waals surface area (Å²) in [5.41, 5.74) is 0. The average molecular weight is 267 g/mol. The molecule has 110 valence electrons. The molecule has 4 heteroatoms. The Labute approximate surface area is 117 Å². The Morgan fingerprint density at radius 2 is 1.84 bits per heavy atom. The molecule has 1 aliphatic heterocycles. The molecule has 2 rings (SSSR count). The topological polar surface area (TPSA) is 35.6 Å². The van der Waals surface area contributed by atoms with Gasteiger partial charge in [0.05, 0.1) is 6.54 Å². The van der Waals surface area contributed by atoms with E-state index in [-0.39, 0.29) is 0 Å². The molecule has 1 heterocycles. The van der Waals surface area contributed by atoms with Gasteiger partial charge >= 0.3 is 0 Å². The minimum Gasteiger partial charge on any atom is -0.339 e. The molecule has 0 aromatic rings. The first-order chi connectivity index (χ1) is 9.20. The third kappa shape index (κ3) is 4.18. The number of rotatable bonds is 4. The maximum absolute atomic E-state index is 12.2. The van der Waals surface area contributed by atoms with Crippen molar-refractivity contribution < 1.29 is 4.79 Å². The van der Waals surface area contributed by atoms with Gasteiger partial charge in [0.2, 0.25) is 5.91 Å². The van der Waals surface area contributed by atoms with Crippen molar-refractivity contribution in [2.24, 2.45) is 5.92 Å². The highest BCUT2D eigenvalue weighted by Crippen LogP contribution is 2.28. The molecule has 2 fully saturated rings. The summed E-state index contributed by atoms with van der Waals surface area (Å²) in [5, 5.41) is 3.29. The van der Waals surface area contributed by atoms with E-state index in [1.54, 1.807) is 0 Å². The Morgan fingerprint density at radius 3 is 2.42 bits per heavy atom. The predicted octanol–water partition coefficient (Wildman–Crippen LogP) is 1.32. The van der Waals surface area contributed by atoms with Crippen molar-refractivity contribution in [3.63, 3.8) is 0 Å². The van der Waals surface area contributed by atoms with Crippen molar-refractivity contribution in [1.29, 1.82) is 0 Å². The SMILES string of the molecule is CCC1CCC(N(C)CC(=O)N2CCNCC2)CC1. The maximum atomic E-state index is 12.2. The molecule has 19 heavy (non-hydrogen) atoms. The smallest absolute Gasteiger partial charge is 0.236 e. The molecule has 1 N–H and O–H groups in total. The summed E-state index contributed by atoms with van der Waals surface area (Å²) in [6, 6.07) is 0.620. The van der Waals surface area contributed by atoms with E-state index < -0.39 is 0 Å². The first-order valence-electron chi connectivity index (χ1n) is 7.89. The summed E-state index contributed by atoms with van der Waals surface area (Å²) < 4.78 is 0. The van der Waals surface area contributed by atoms with Crippen LogP contribution in [0.4, 0.5) is 0 Å². The molecule has 0 radical (unpaired) electrons. The fourth-order valence-corrected chi connectivity index (χ4v) is 3.35. The molecule has 0 aromatic carbocycles. The monoisotopic (exact) mass is 267 g/mol. The average Bonchev–Trinajstić information content (AvgIpc) is 2.48. The fraction of sp³-hybridized carbons (Fsp3) is 0.933. The van der Waals surface area contributed by atoms with Gasteiger partial charge in [-0.1, -0.05) is 13.3 Å². The zero-order chi connectivity index (χ0) is 13.7. The van der Waals surface area contributed by atoms with Crippen molar-refractivity contribution >= 4 is 5.91 Å². The highest BCUT2D eigenvalue weighted by molar-refractivity contribution is 5.78. The normalized spacial score (nSPS) is 28.7. The van der Waals surface area contributed by atoms with Gasteiger partial charge in [-0.05, 0) is 38.6 Å². The number of carbonyl (C=O) groups excluding carboxylic acids is 1. The van der Waals surface area contributed by atoms with Gasteiger partial charge in [-0.15, -0.1) is 0 Å². The predicted molar refractivity (Wildman–Crippen MR) is 78.1 cm³/mol. The summed E-state index contributed by atoms with van der Waals surface area (Å²) in [4.78, 5) is 16.5. The summed E-state index contributed by atoms with van der Waals surface area (Å²) in [7, 11) is 2.12. The minimum absolute atomic E-state index is 0.307. The Kier molecular flexibility index (Phi) is 5.64. The van der Waals surface area contributed by atoms with Crippen LogP contribution >= 0.6 is 0 Å². The van der Waals surface area contributed by atoms with Crippen LogP contribution in [-0.2, 0) is 4.79 Å². The molecule has 1 saturated heterocycles. The second kappa shape index (κ2) is 7.25. The van der Waals surface area contributed by atoms with Gasteiger partial charge in [0.25, 0.3) is 0 Å². The van der Waals surface area contributed by atoms with Crippen molar-refractivity contribution in [2.75, 3.05) is 39.8 Å². The van der Waals surface area contributed by atoms with Gasteiger partial charge in [0.15, 0.2) is 0 Å². The van der Waals surface area contributed by atoms with E-state index in [0.717, 1.165) is 32.1 Å². The van der Waals surface area contributed by atoms with Crippen LogP contribution in [0.1, 0.15) is 39.0 Å². The zero-order valence-electron chi connectivity index (χ0n) is 12.5. The first-order valence-corrected chi connectivity index (χ1v) is 7.89. The number of nitrogens with one attached hydrogen (secondary N) is 1. The number of piperazine rings is 1. The summed E-state index contributed by atoms with van der Waals surface area (Å²) in [5.74, 6) is 1.23. The largest absolute Gasteiger partial charge is 0.339 e. The summed E-state index contributed by atoms with van der Waals surface area (Å²) >= 11 is 0. The molecule has 0 aromatic heterocycles. The van der Waals surface area contributed by atoms with Crippen molar-refractivity contribution in [1.82, 2.24) is 15.1 Å². The lowest BCUT2D eigenvalue weighted by atomic mass is 9.84. The molecule has 1 saturated carbocycles. The van der Waals surface area contributed by atoms with Crippen LogP contribution in [-0.4, -0.2) is 61.5 Å². The number of carbonyl (C=O) groups is 1. The molecular weight excluding hydrogens is 238 g/mol. The van der Waals surface area contributed by atoms with E-state index >= 15 is 0 Å². The highest BCUT2D eigenvalue weighted by atomic mass is 16.2. The van der Waals surface area contributed by atoms with Crippen LogP contribution in [0.25, 0.3) is 0 Å². The van der Waals surface area contributed by atoms with Crippen LogP contribution < -0.4 is 5.32 Å². The van der Waals surface area contributed by atoms with Gasteiger partial charge < -0.3 is 10.2 Å². The third-order valence-electron chi connectivity index (χ3n) is 4.87. The van der Waals surface area contributed by atoms with Gasteiger partial charge in [-0.3, -0.25) is 9.69 Å². The fourth-order valence-electron chi connectivity index (χ4n) is 3.35. The number of hydrogen-bond donors (Lipinski definition) is 1. The van der Waals surface area contributed by atoms with Gasteiger partial charge in [0, 0.05) is 32.2 Å². The van der Waals surface area contributed by atoms with Crippen LogP contribution in [0.5, 0.6) is 0 Å². The van der Waals surface area contributed by atoms with Gasteiger partial charge in [-0.25, -0.2) is 0 Å². The molecule has 0 unspecified atom stereocenters. The highest BCUT2D eigenvalue weighted by Gasteiger charge is 2.25.